The minimum Gasteiger partial charge on any atom is -0.396 e. The van der Waals surface area contributed by atoms with Gasteiger partial charge < -0.3 is 10.0 Å². The summed E-state index contributed by atoms with van der Waals surface area (Å²) < 4.78 is 0. The monoisotopic (exact) mass is 388 g/mol. The van der Waals surface area contributed by atoms with Crippen molar-refractivity contribution in [2.75, 3.05) is 31.6 Å². The maximum Gasteiger partial charge on any atom is 0.240 e. The van der Waals surface area contributed by atoms with Crippen LogP contribution in [-0.2, 0) is 4.79 Å². The van der Waals surface area contributed by atoms with E-state index >= 15 is 0 Å². The Kier molecular flexibility index (Phi) is 7.56. The molecule has 0 aliphatic carbocycles. The van der Waals surface area contributed by atoms with E-state index < -0.39 is 0 Å². The Labute approximate surface area is 173 Å². The Balaban J connectivity index is 1.90. The van der Waals surface area contributed by atoms with Gasteiger partial charge in [0.15, 0.2) is 0 Å². The number of anilines is 1. The Morgan fingerprint density at radius 1 is 0.828 bits per heavy atom. The SMILES string of the molecule is CN(C(=O)CN(CCCO)C(c1ccccc1)c1ccccc1)c1ccccc1. The molecule has 0 fully saturated rings. The van der Waals surface area contributed by atoms with Gasteiger partial charge in [-0.3, -0.25) is 9.69 Å². The molecule has 0 aromatic heterocycles. The lowest BCUT2D eigenvalue weighted by Gasteiger charge is -2.33. The van der Waals surface area contributed by atoms with E-state index in [0.29, 0.717) is 13.0 Å². The van der Waals surface area contributed by atoms with Gasteiger partial charge in [0, 0.05) is 25.9 Å². The van der Waals surface area contributed by atoms with Crippen molar-refractivity contribution in [2.45, 2.75) is 12.5 Å². The summed E-state index contributed by atoms with van der Waals surface area (Å²) in [6.45, 7) is 0.981. The lowest BCUT2D eigenvalue weighted by molar-refractivity contribution is -0.119. The van der Waals surface area contributed by atoms with Crippen molar-refractivity contribution >= 4 is 11.6 Å². The van der Waals surface area contributed by atoms with E-state index in [9.17, 15) is 9.90 Å². The van der Waals surface area contributed by atoms with Crippen LogP contribution in [-0.4, -0.2) is 42.7 Å². The lowest BCUT2D eigenvalue weighted by Crippen LogP contribution is -2.41. The minimum atomic E-state index is -0.0583. The first kappa shape index (κ1) is 20.8. The number of rotatable bonds is 9. The zero-order valence-electron chi connectivity index (χ0n) is 16.8. The van der Waals surface area contributed by atoms with Gasteiger partial charge in [-0.25, -0.2) is 0 Å². The van der Waals surface area contributed by atoms with Gasteiger partial charge in [0.1, 0.15) is 0 Å². The first-order chi connectivity index (χ1) is 14.2. The molecule has 0 saturated carbocycles. The molecule has 1 N–H and O–H groups in total. The highest BCUT2D eigenvalue weighted by molar-refractivity contribution is 5.94. The van der Waals surface area contributed by atoms with Crippen LogP contribution < -0.4 is 4.90 Å². The van der Waals surface area contributed by atoms with Crippen molar-refractivity contribution in [1.82, 2.24) is 4.90 Å². The quantitative estimate of drug-likeness (QED) is 0.600. The van der Waals surface area contributed by atoms with Crippen LogP contribution in [0, 0.1) is 0 Å². The van der Waals surface area contributed by atoms with E-state index in [1.165, 1.54) is 0 Å². The predicted octanol–water partition coefficient (Wildman–Crippen LogP) is 4.12. The van der Waals surface area contributed by atoms with E-state index in [0.717, 1.165) is 16.8 Å². The summed E-state index contributed by atoms with van der Waals surface area (Å²) in [6, 6.07) is 30.1. The van der Waals surface area contributed by atoms with Gasteiger partial charge in [-0.15, -0.1) is 0 Å². The molecule has 0 heterocycles. The zero-order valence-corrected chi connectivity index (χ0v) is 16.8. The van der Waals surface area contributed by atoms with Crippen molar-refractivity contribution in [3.8, 4) is 0 Å². The van der Waals surface area contributed by atoms with Crippen LogP contribution >= 0.6 is 0 Å². The number of aliphatic hydroxyl groups excluding tert-OH is 1. The molecular weight excluding hydrogens is 360 g/mol. The Morgan fingerprint density at radius 2 is 1.31 bits per heavy atom. The number of likely N-dealkylation sites (N-methyl/N-ethyl adjacent to an activating group) is 1. The number of hydrogen-bond donors (Lipinski definition) is 1. The van der Waals surface area contributed by atoms with Gasteiger partial charge in [0.25, 0.3) is 0 Å². The maximum atomic E-state index is 13.1. The number of aliphatic hydroxyl groups is 1. The van der Waals surface area contributed by atoms with Gasteiger partial charge in [-0.1, -0.05) is 78.9 Å². The summed E-state index contributed by atoms with van der Waals surface area (Å²) in [6.07, 6.45) is 0.610. The largest absolute Gasteiger partial charge is 0.396 e. The molecule has 0 saturated heterocycles. The van der Waals surface area contributed by atoms with Crippen molar-refractivity contribution < 1.29 is 9.90 Å². The van der Waals surface area contributed by atoms with E-state index in [1.54, 1.807) is 4.90 Å². The fourth-order valence-electron chi connectivity index (χ4n) is 3.53. The van der Waals surface area contributed by atoms with Gasteiger partial charge in [0.05, 0.1) is 12.6 Å². The molecule has 0 aliphatic rings. The summed E-state index contributed by atoms with van der Waals surface area (Å²) in [4.78, 5) is 17.0. The average Bonchev–Trinajstić information content (AvgIpc) is 2.79. The molecule has 0 atom stereocenters. The molecule has 0 unspecified atom stereocenters. The van der Waals surface area contributed by atoms with E-state index in [1.807, 2.05) is 73.8 Å². The van der Waals surface area contributed by atoms with E-state index in [-0.39, 0.29) is 25.1 Å². The number of carbonyl (C=O) groups excluding carboxylic acids is 1. The van der Waals surface area contributed by atoms with Crippen molar-refractivity contribution in [1.29, 1.82) is 0 Å². The van der Waals surface area contributed by atoms with Gasteiger partial charge in [0.2, 0.25) is 5.91 Å². The molecular formula is C25H28N2O2. The fraction of sp³-hybridized carbons (Fsp3) is 0.240. The first-order valence-electron chi connectivity index (χ1n) is 9.97. The molecule has 0 radical (unpaired) electrons. The second kappa shape index (κ2) is 10.6. The number of nitrogens with zero attached hydrogens (tertiary/aromatic N) is 2. The van der Waals surface area contributed by atoms with Crippen LogP contribution in [0.4, 0.5) is 5.69 Å². The first-order valence-corrected chi connectivity index (χ1v) is 9.97. The molecule has 3 aromatic rings. The van der Waals surface area contributed by atoms with Crippen LogP contribution in [0.25, 0.3) is 0 Å². The van der Waals surface area contributed by atoms with Crippen LogP contribution in [0.3, 0.4) is 0 Å². The number of benzene rings is 3. The molecule has 0 spiro atoms. The Hall–Kier alpha value is -2.95. The highest BCUT2D eigenvalue weighted by Crippen LogP contribution is 2.29. The molecule has 0 aliphatic heterocycles. The average molecular weight is 389 g/mol. The molecule has 4 nitrogen and oxygen atoms in total. The molecule has 1 amide bonds. The highest BCUT2D eigenvalue weighted by atomic mass is 16.3. The fourth-order valence-corrected chi connectivity index (χ4v) is 3.53. The Morgan fingerprint density at radius 3 is 1.79 bits per heavy atom. The molecule has 0 bridgehead atoms. The van der Waals surface area contributed by atoms with Crippen LogP contribution in [0.5, 0.6) is 0 Å². The third-order valence-electron chi connectivity index (χ3n) is 5.06. The number of amides is 1. The van der Waals surface area contributed by atoms with Crippen LogP contribution in [0.2, 0.25) is 0 Å². The highest BCUT2D eigenvalue weighted by Gasteiger charge is 2.25. The van der Waals surface area contributed by atoms with Crippen LogP contribution in [0.1, 0.15) is 23.6 Å². The molecule has 150 valence electrons. The standard InChI is InChI=1S/C25H28N2O2/c1-26(23-16-9-4-10-17-23)24(29)20-27(18-11-19-28)25(21-12-5-2-6-13-21)22-14-7-3-8-15-22/h2-10,12-17,25,28H,11,18-20H2,1H3. The smallest absolute Gasteiger partial charge is 0.240 e. The summed E-state index contributed by atoms with van der Waals surface area (Å²) in [7, 11) is 1.81. The van der Waals surface area contributed by atoms with Crippen molar-refractivity contribution in [3.63, 3.8) is 0 Å². The van der Waals surface area contributed by atoms with Crippen LogP contribution in [0.15, 0.2) is 91.0 Å². The second-order valence-corrected chi connectivity index (χ2v) is 7.06. The van der Waals surface area contributed by atoms with Gasteiger partial charge in [-0.05, 0) is 29.7 Å². The number of carbonyl (C=O) groups is 1. The second-order valence-electron chi connectivity index (χ2n) is 7.06. The minimum absolute atomic E-state index is 0.0194. The lowest BCUT2D eigenvalue weighted by atomic mass is 9.96. The molecule has 3 rings (SSSR count). The molecule has 3 aromatic carbocycles. The van der Waals surface area contributed by atoms with Gasteiger partial charge in [-0.2, -0.15) is 0 Å². The summed E-state index contributed by atoms with van der Waals surface area (Å²) in [5.41, 5.74) is 3.13. The van der Waals surface area contributed by atoms with Crippen molar-refractivity contribution in [3.05, 3.63) is 102 Å². The summed E-state index contributed by atoms with van der Waals surface area (Å²) in [5.74, 6) is 0.0194. The Bertz CT molecular complexity index is 830. The normalized spacial score (nSPS) is 11.0. The third kappa shape index (κ3) is 5.53. The zero-order chi connectivity index (χ0) is 20.5. The van der Waals surface area contributed by atoms with E-state index in [4.69, 9.17) is 0 Å². The summed E-state index contributed by atoms with van der Waals surface area (Å²) in [5, 5.41) is 9.44. The van der Waals surface area contributed by atoms with Crippen molar-refractivity contribution in [2.24, 2.45) is 0 Å². The number of hydrogen-bond acceptors (Lipinski definition) is 3. The molecule has 4 heteroatoms. The third-order valence-corrected chi connectivity index (χ3v) is 5.06. The number of para-hydroxylation sites is 1. The predicted molar refractivity (Wildman–Crippen MR) is 118 cm³/mol. The molecule has 29 heavy (non-hydrogen) atoms. The van der Waals surface area contributed by atoms with Gasteiger partial charge >= 0.3 is 0 Å². The summed E-state index contributed by atoms with van der Waals surface area (Å²) >= 11 is 0. The topological polar surface area (TPSA) is 43.8 Å². The maximum absolute atomic E-state index is 13.1. The van der Waals surface area contributed by atoms with E-state index in [2.05, 4.69) is 29.2 Å².